The van der Waals surface area contributed by atoms with Crippen molar-refractivity contribution in [2.75, 3.05) is 26.3 Å². The fourth-order valence-corrected chi connectivity index (χ4v) is 6.06. The molecule has 0 aromatic heterocycles. The van der Waals surface area contributed by atoms with E-state index in [1.165, 1.54) is 43.2 Å². The minimum absolute atomic E-state index is 0.358. The molecule has 2 aliphatic heterocycles. The van der Waals surface area contributed by atoms with E-state index in [9.17, 15) is 0 Å². The molecule has 4 aliphatic rings. The Bertz CT molecular complexity index is 741. The van der Waals surface area contributed by atoms with E-state index >= 15 is 0 Å². The van der Waals surface area contributed by atoms with Gasteiger partial charge in [-0.3, -0.25) is 4.99 Å². The second-order valence-electron chi connectivity index (χ2n) is 8.86. The largest absolute Gasteiger partial charge is 0.493 e. The average Bonchev–Trinajstić information content (AvgIpc) is 3.45. The summed E-state index contributed by atoms with van der Waals surface area (Å²) in [6.07, 6.45) is 9.00. The van der Waals surface area contributed by atoms with Gasteiger partial charge in [0.1, 0.15) is 5.75 Å². The summed E-state index contributed by atoms with van der Waals surface area (Å²) in [5.74, 6) is 2.70. The second kappa shape index (κ2) is 7.58. The number of nitrogens with one attached hydrogen (secondary N) is 2. The number of benzene rings is 1. The summed E-state index contributed by atoms with van der Waals surface area (Å²) in [5.41, 5.74) is 3.05. The van der Waals surface area contributed by atoms with Crippen molar-refractivity contribution in [2.45, 2.75) is 64.0 Å². The zero-order valence-electron chi connectivity index (χ0n) is 17.0. The van der Waals surface area contributed by atoms with E-state index in [1.807, 2.05) is 0 Å². The number of aliphatic imine (C=N–C) groups is 1. The van der Waals surface area contributed by atoms with Crippen molar-refractivity contribution in [3.8, 4) is 5.75 Å². The summed E-state index contributed by atoms with van der Waals surface area (Å²) in [4.78, 5) is 4.92. The molecule has 28 heavy (non-hydrogen) atoms. The highest BCUT2D eigenvalue weighted by Gasteiger charge is 2.65. The van der Waals surface area contributed by atoms with Crippen LogP contribution in [0.3, 0.4) is 0 Å². The molecule has 2 heterocycles. The van der Waals surface area contributed by atoms with Crippen molar-refractivity contribution < 1.29 is 9.47 Å². The Kier molecular flexibility index (Phi) is 4.95. The first-order chi connectivity index (χ1) is 13.8. The Morgan fingerprint density at radius 1 is 1.25 bits per heavy atom. The fraction of sp³-hybridized carbons (Fsp3) is 0.696. The third-order valence-electron chi connectivity index (χ3n) is 7.35. The highest BCUT2D eigenvalue weighted by atomic mass is 16.5. The quantitative estimate of drug-likeness (QED) is 0.606. The number of hydrogen-bond acceptors (Lipinski definition) is 3. The van der Waals surface area contributed by atoms with E-state index < -0.39 is 0 Å². The van der Waals surface area contributed by atoms with Crippen LogP contribution in [0.4, 0.5) is 0 Å². The van der Waals surface area contributed by atoms with E-state index in [4.69, 9.17) is 14.5 Å². The first-order valence-electron chi connectivity index (χ1n) is 11.2. The molecular weight excluding hydrogens is 350 g/mol. The van der Waals surface area contributed by atoms with Crippen LogP contribution in [0, 0.1) is 11.3 Å². The van der Waals surface area contributed by atoms with Crippen LogP contribution in [0.5, 0.6) is 5.75 Å². The lowest BCUT2D eigenvalue weighted by molar-refractivity contribution is -0.125. The summed E-state index contributed by atoms with van der Waals surface area (Å²) in [6, 6.07) is 7.11. The predicted octanol–water partition coefficient (Wildman–Crippen LogP) is 3.07. The molecule has 1 spiro atoms. The smallest absolute Gasteiger partial charge is 0.191 e. The third kappa shape index (κ3) is 3.08. The van der Waals surface area contributed by atoms with E-state index in [-0.39, 0.29) is 0 Å². The van der Waals surface area contributed by atoms with Crippen LogP contribution in [0.15, 0.2) is 23.2 Å². The molecule has 0 bridgehead atoms. The number of fused-ring (bicyclic) bond motifs is 3. The highest BCUT2D eigenvalue weighted by molar-refractivity contribution is 5.80. The summed E-state index contributed by atoms with van der Waals surface area (Å²) in [7, 11) is 0. The molecule has 152 valence electrons. The number of rotatable bonds is 5. The van der Waals surface area contributed by atoms with Gasteiger partial charge in [0, 0.05) is 43.5 Å². The Labute approximate surface area is 168 Å². The highest BCUT2D eigenvalue weighted by Crippen LogP contribution is 2.60. The number of hydrogen-bond donors (Lipinski definition) is 2. The predicted molar refractivity (Wildman–Crippen MR) is 111 cm³/mol. The fourth-order valence-electron chi connectivity index (χ4n) is 6.06. The molecule has 3 unspecified atom stereocenters. The molecular formula is C23H33N3O2. The lowest BCUT2D eigenvalue weighted by Gasteiger charge is -2.57. The molecule has 3 atom stereocenters. The number of nitrogens with zero attached hydrogens (tertiary/aromatic N) is 1. The van der Waals surface area contributed by atoms with Crippen LogP contribution in [0.25, 0.3) is 0 Å². The minimum Gasteiger partial charge on any atom is -0.493 e. The summed E-state index contributed by atoms with van der Waals surface area (Å²) in [6.45, 7) is 5.60. The van der Waals surface area contributed by atoms with E-state index in [1.54, 1.807) is 0 Å². The summed E-state index contributed by atoms with van der Waals surface area (Å²) >= 11 is 0. The SMILES string of the molecule is CCNC(=NCCc1ccc2c(c1)CCO2)NC1C2CCOC2C12CCCC2. The van der Waals surface area contributed by atoms with Gasteiger partial charge in [0.15, 0.2) is 5.96 Å². The van der Waals surface area contributed by atoms with Crippen LogP contribution < -0.4 is 15.4 Å². The van der Waals surface area contributed by atoms with Gasteiger partial charge in [0.2, 0.25) is 0 Å². The maximum atomic E-state index is 6.13. The van der Waals surface area contributed by atoms with Crippen LogP contribution in [-0.2, 0) is 17.6 Å². The van der Waals surface area contributed by atoms with Crippen LogP contribution in [-0.4, -0.2) is 44.4 Å². The standard InChI is InChI=1S/C23H33N3O2/c1-2-24-22(25-12-7-16-5-6-19-17(15-16)8-13-27-19)26-20-18-9-14-28-21(18)23(20)10-3-4-11-23/h5-6,15,18,20-21H,2-4,7-14H2,1H3,(H2,24,25,26). The maximum Gasteiger partial charge on any atom is 0.191 e. The van der Waals surface area contributed by atoms with Crippen molar-refractivity contribution in [1.29, 1.82) is 0 Å². The van der Waals surface area contributed by atoms with Gasteiger partial charge in [-0.1, -0.05) is 25.0 Å². The van der Waals surface area contributed by atoms with Gasteiger partial charge in [-0.05, 0) is 49.8 Å². The first kappa shape index (κ1) is 18.3. The van der Waals surface area contributed by atoms with Crippen LogP contribution in [0.2, 0.25) is 0 Å². The molecule has 5 heteroatoms. The Morgan fingerprint density at radius 2 is 2.14 bits per heavy atom. The zero-order chi connectivity index (χ0) is 19.0. The van der Waals surface area contributed by atoms with Gasteiger partial charge in [0.05, 0.1) is 12.7 Å². The maximum absolute atomic E-state index is 6.13. The van der Waals surface area contributed by atoms with Crippen LogP contribution in [0.1, 0.15) is 50.2 Å². The lowest BCUT2D eigenvalue weighted by atomic mass is 9.54. The molecule has 2 aliphatic carbocycles. The topological polar surface area (TPSA) is 54.9 Å². The normalized spacial score (nSPS) is 29.9. The van der Waals surface area contributed by atoms with Crippen molar-refractivity contribution >= 4 is 5.96 Å². The Hall–Kier alpha value is -1.75. The van der Waals surface area contributed by atoms with Crippen molar-refractivity contribution in [1.82, 2.24) is 10.6 Å². The van der Waals surface area contributed by atoms with Gasteiger partial charge < -0.3 is 20.1 Å². The van der Waals surface area contributed by atoms with Crippen molar-refractivity contribution in [3.63, 3.8) is 0 Å². The van der Waals surface area contributed by atoms with E-state index in [0.29, 0.717) is 23.5 Å². The molecule has 1 aromatic carbocycles. The number of guanidine groups is 1. The first-order valence-corrected chi connectivity index (χ1v) is 11.2. The average molecular weight is 384 g/mol. The summed E-state index contributed by atoms with van der Waals surface area (Å²) < 4.78 is 11.7. The number of ether oxygens (including phenoxy) is 2. The Morgan fingerprint density at radius 3 is 3.00 bits per heavy atom. The summed E-state index contributed by atoms with van der Waals surface area (Å²) in [5, 5.41) is 7.30. The molecule has 2 N–H and O–H groups in total. The molecule has 5 nitrogen and oxygen atoms in total. The minimum atomic E-state index is 0.358. The third-order valence-corrected chi connectivity index (χ3v) is 7.35. The lowest BCUT2D eigenvalue weighted by Crippen LogP contribution is -2.69. The van der Waals surface area contributed by atoms with E-state index in [0.717, 1.165) is 50.9 Å². The monoisotopic (exact) mass is 383 g/mol. The molecule has 0 radical (unpaired) electrons. The van der Waals surface area contributed by atoms with Crippen molar-refractivity contribution in [2.24, 2.45) is 16.3 Å². The van der Waals surface area contributed by atoms with Gasteiger partial charge in [-0.2, -0.15) is 0 Å². The van der Waals surface area contributed by atoms with Crippen molar-refractivity contribution in [3.05, 3.63) is 29.3 Å². The second-order valence-corrected chi connectivity index (χ2v) is 8.86. The molecule has 0 amide bonds. The molecule has 5 rings (SSSR count). The zero-order valence-corrected chi connectivity index (χ0v) is 17.0. The van der Waals surface area contributed by atoms with Crippen LogP contribution >= 0.6 is 0 Å². The van der Waals surface area contributed by atoms with Gasteiger partial charge in [-0.15, -0.1) is 0 Å². The van der Waals surface area contributed by atoms with Gasteiger partial charge >= 0.3 is 0 Å². The van der Waals surface area contributed by atoms with E-state index in [2.05, 4.69) is 35.8 Å². The molecule has 1 saturated heterocycles. The molecule has 2 saturated carbocycles. The molecule has 1 aromatic rings. The van der Waals surface area contributed by atoms with Gasteiger partial charge in [-0.25, -0.2) is 0 Å². The molecule has 3 fully saturated rings. The Balaban J connectivity index is 1.24. The van der Waals surface area contributed by atoms with Gasteiger partial charge in [0.25, 0.3) is 0 Å².